The van der Waals surface area contributed by atoms with E-state index in [0.29, 0.717) is 18.3 Å². The van der Waals surface area contributed by atoms with E-state index in [1.807, 2.05) is 16.3 Å². The number of hydrogen-bond donors (Lipinski definition) is 1. The van der Waals surface area contributed by atoms with Gasteiger partial charge in [-0.1, -0.05) is 6.07 Å². The predicted molar refractivity (Wildman–Crippen MR) is 65.8 cm³/mol. The Balaban J connectivity index is 1.78. The third-order valence-electron chi connectivity index (χ3n) is 2.88. The van der Waals surface area contributed by atoms with Gasteiger partial charge in [0.2, 0.25) is 0 Å². The SMILES string of the molecule is O=C(c1cnc[nH]1)N(Cc1cccs1)C1CC1. The molecule has 88 valence electrons. The molecule has 0 saturated heterocycles. The molecule has 17 heavy (non-hydrogen) atoms. The van der Waals surface area contributed by atoms with Gasteiger partial charge in [-0.3, -0.25) is 4.79 Å². The molecule has 1 aliphatic rings. The predicted octanol–water partition coefficient (Wildman–Crippen LogP) is 2.28. The number of imidazole rings is 1. The number of nitrogens with one attached hydrogen (secondary N) is 1. The summed E-state index contributed by atoms with van der Waals surface area (Å²) in [6, 6.07) is 4.50. The summed E-state index contributed by atoms with van der Waals surface area (Å²) in [6.07, 6.45) is 5.37. The molecule has 0 aromatic carbocycles. The van der Waals surface area contributed by atoms with Crippen LogP contribution in [0.25, 0.3) is 0 Å². The number of amides is 1. The molecule has 0 radical (unpaired) electrons. The molecule has 1 amide bonds. The molecule has 4 nitrogen and oxygen atoms in total. The summed E-state index contributed by atoms with van der Waals surface area (Å²) >= 11 is 1.69. The molecule has 1 saturated carbocycles. The number of carbonyl (C=O) groups is 1. The highest BCUT2D eigenvalue weighted by Gasteiger charge is 2.33. The first-order valence-electron chi connectivity index (χ1n) is 5.66. The minimum atomic E-state index is 0.0541. The standard InChI is InChI=1S/C12H13N3OS/c16-12(11-6-13-8-14-11)15(9-3-4-9)7-10-2-1-5-17-10/h1-2,5-6,8-9H,3-4,7H2,(H,13,14). The van der Waals surface area contributed by atoms with Crippen molar-refractivity contribution in [3.05, 3.63) is 40.6 Å². The van der Waals surface area contributed by atoms with Crippen molar-refractivity contribution in [1.29, 1.82) is 0 Å². The van der Waals surface area contributed by atoms with Gasteiger partial charge >= 0.3 is 0 Å². The summed E-state index contributed by atoms with van der Waals surface area (Å²) in [7, 11) is 0. The molecule has 5 heteroatoms. The lowest BCUT2D eigenvalue weighted by Gasteiger charge is -2.20. The first-order valence-corrected chi connectivity index (χ1v) is 6.54. The number of hydrogen-bond acceptors (Lipinski definition) is 3. The Kier molecular flexibility index (Phi) is 2.68. The summed E-state index contributed by atoms with van der Waals surface area (Å²) in [6.45, 7) is 0.709. The number of aromatic nitrogens is 2. The van der Waals surface area contributed by atoms with E-state index in [2.05, 4.69) is 16.0 Å². The van der Waals surface area contributed by atoms with E-state index in [4.69, 9.17) is 0 Å². The van der Waals surface area contributed by atoms with Crippen molar-refractivity contribution in [3.63, 3.8) is 0 Å². The van der Waals surface area contributed by atoms with Crippen LogP contribution in [-0.2, 0) is 6.54 Å². The van der Waals surface area contributed by atoms with Gasteiger partial charge in [-0.05, 0) is 24.3 Å². The lowest BCUT2D eigenvalue weighted by atomic mass is 10.3. The zero-order valence-corrected chi connectivity index (χ0v) is 10.1. The van der Waals surface area contributed by atoms with Gasteiger partial charge in [-0.2, -0.15) is 0 Å². The van der Waals surface area contributed by atoms with Gasteiger partial charge < -0.3 is 9.88 Å². The molecule has 0 spiro atoms. The molecule has 1 fully saturated rings. The second kappa shape index (κ2) is 4.33. The molecule has 2 aromatic rings. The molecule has 3 rings (SSSR count). The third kappa shape index (κ3) is 2.24. The quantitative estimate of drug-likeness (QED) is 0.901. The largest absolute Gasteiger partial charge is 0.341 e. The zero-order valence-electron chi connectivity index (χ0n) is 9.30. The maximum Gasteiger partial charge on any atom is 0.272 e. The number of H-pyrrole nitrogens is 1. The molecule has 1 aliphatic carbocycles. The molecule has 2 aromatic heterocycles. The minimum absolute atomic E-state index is 0.0541. The van der Waals surface area contributed by atoms with E-state index in [9.17, 15) is 4.79 Å². The number of thiophene rings is 1. The van der Waals surface area contributed by atoms with Gasteiger partial charge in [0.15, 0.2) is 0 Å². The molecule has 0 aliphatic heterocycles. The Bertz CT molecular complexity index is 488. The lowest BCUT2D eigenvalue weighted by Crippen LogP contribution is -2.32. The number of aromatic amines is 1. The maximum atomic E-state index is 12.3. The number of nitrogens with zero attached hydrogens (tertiary/aromatic N) is 2. The Labute approximate surface area is 103 Å². The summed E-state index contributed by atoms with van der Waals surface area (Å²) in [5.41, 5.74) is 0.577. The first-order chi connectivity index (χ1) is 8.34. The summed E-state index contributed by atoms with van der Waals surface area (Å²) in [5, 5.41) is 2.04. The van der Waals surface area contributed by atoms with Crippen molar-refractivity contribution in [1.82, 2.24) is 14.9 Å². The molecular weight excluding hydrogens is 234 g/mol. The van der Waals surface area contributed by atoms with Crippen molar-refractivity contribution >= 4 is 17.2 Å². The van der Waals surface area contributed by atoms with E-state index >= 15 is 0 Å². The Hall–Kier alpha value is -1.62. The number of carbonyl (C=O) groups excluding carboxylic acids is 1. The molecular formula is C12H13N3OS. The van der Waals surface area contributed by atoms with Gasteiger partial charge in [0.05, 0.1) is 19.1 Å². The van der Waals surface area contributed by atoms with Crippen LogP contribution in [0.4, 0.5) is 0 Å². The van der Waals surface area contributed by atoms with Gasteiger partial charge in [0, 0.05) is 10.9 Å². The van der Waals surface area contributed by atoms with Crippen LogP contribution in [-0.4, -0.2) is 26.8 Å². The zero-order chi connectivity index (χ0) is 11.7. The highest BCUT2D eigenvalue weighted by atomic mass is 32.1. The second-order valence-electron chi connectivity index (χ2n) is 4.21. The van der Waals surface area contributed by atoms with Gasteiger partial charge in [0.1, 0.15) is 5.69 Å². The van der Waals surface area contributed by atoms with E-state index < -0.39 is 0 Å². The molecule has 0 atom stereocenters. The summed E-state index contributed by atoms with van der Waals surface area (Å²) in [5.74, 6) is 0.0541. The Morgan fingerprint density at radius 2 is 2.47 bits per heavy atom. The highest BCUT2D eigenvalue weighted by molar-refractivity contribution is 7.09. The fourth-order valence-corrected chi connectivity index (χ4v) is 2.55. The van der Waals surface area contributed by atoms with Crippen LogP contribution in [0.3, 0.4) is 0 Å². The van der Waals surface area contributed by atoms with Crippen LogP contribution < -0.4 is 0 Å². The van der Waals surface area contributed by atoms with Gasteiger partial charge in [0.25, 0.3) is 5.91 Å². The van der Waals surface area contributed by atoms with E-state index in [1.165, 1.54) is 4.88 Å². The van der Waals surface area contributed by atoms with E-state index in [0.717, 1.165) is 12.8 Å². The van der Waals surface area contributed by atoms with Crippen molar-refractivity contribution in [2.75, 3.05) is 0 Å². The van der Waals surface area contributed by atoms with Crippen molar-refractivity contribution in [2.45, 2.75) is 25.4 Å². The smallest absolute Gasteiger partial charge is 0.272 e. The molecule has 0 unspecified atom stereocenters. The first kappa shape index (κ1) is 10.5. The fourth-order valence-electron chi connectivity index (χ4n) is 1.85. The van der Waals surface area contributed by atoms with E-state index in [-0.39, 0.29) is 5.91 Å². The second-order valence-corrected chi connectivity index (χ2v) is 5.24. The lowest BCUT2D eigenvalue weighted by molar-refractivity contribution is 0.0726. The Morgan fingerprint density at radius 3 is 3.06 bits per heavy atom. The van der Waals surface area contributed by atoms with Crippen molar-refractivity contribution in [2.24, 2.45) is 0 Å². The minimum Gasteiger partial charge on any atom is -0.341 e. The average Bonchev–Trinajstić information content (AvgIpc) is 2.86. The van der Waals surface area contributed by atoms with E-state index in [1.54, 1.807) is 23.9 Å². The van der Waals surface area contributed by atoms with Crippen LogP contribution in [0.15, 0.2) is 30.0 Å². The topological polar surface area (TPSA) is 49.0 Å². The molecule has 1 N–H and O–H groups in total. The fraction of sp³-hybridized carbons (Fsp3) is 0.333. The monoisotopic (exact) mass is 247 g/mol. The third-order valence-corrected chi connectivity index (χ3v) is 3.74. The molecule has 2 heterocycles. The van der Waals surface area contributed by atoms with Crippen LogP contribution in [0.5, 0.6) is 0 Å². The van der Waals surface area contributed by atoms with Crippen LogP contribution in [0.2, 0.25) is 0 Å². The highest BCUT2D eigenvalue weighted by Crippen LogP contribution is 2.30. The van der Waals surface area contributed by atoms with Crippen molar-refractivity contribution in [3.8, 4) is 0 Å². The normalized spacial score (nSPS) is 14.8. The van der Waals surface area contributed by atoms with Crippen LogP contribution in [0.1, 0.15) is 28.2 Å². The van der Waals surface area contributed by atoms with Gasteiger partial charge in [-0.25, -0.2) is 4.98 Å². The number of rotatable bonds is 4. The van der Waals surface area contributed by atoms with Gasteiger partial charge in [-0.15, -0.1) is 11.3 Å². The van der Waals surface area contributed by atoms with Crippen LogP contribution in [0, 0.1) is 0 Å². The van der Waals surface area contributed by atoms with Crippen LogP contribution >= 0.6 is 11.3 Å². The molecule has 0 bridgehead atoms. The summed E-state index contributed by atoms with van der Waals surface area (Å²) < 4.78 is 0. The average molecular weight is 247 g/mol. The Morgan fingerprint density at radius 1 is 1.59 bits per heavy atom. The van der Waals surface area contributed by atoms with Crippen molar-refractivity contribution < 1.29 is 4.79 Å². The maximum absolute atomic E-state index is 12.3. The summed E-state index contributed by atoms with van der Waals surface area (Å²) in [4.78, 5) is 22.2.